The largest absolute Gasteiger partial charge is 0.494 e. The lowest BCUT2D eigenvalue weighted by molar-refractivity contribution is 0.332. The first-order valence-electron chi connectivity index (χ1n) is 6.13. The topological polar surface area (TPSA) is 21.3 Å². The molecule has 2 rings (SSSR count). The Labute approximate surface area is 98.0 Å². The summed E-state index contributed by atoms with van der Waals surface area (Å²) in [4.78, 5) is 0. The van der Waals surface area contributed by atoms with E-state index in [0.29, 0.717) is 17.9 Å². The van der Waals surface area contributed by atoms with Crippen molar-refractivity contribution < 1.29 is 4.74 Å². The molecule has 0 heterocycles. The molecule has 0 amide bonds. The zero-order valence-corrected chi connectivity index (χ0v) is 10.6. The summed E-state index contributed by atoms with van der Waals surface area (Å²) in [5.41, 5.74) is 2.81. The Morgan fingerprint density at radius 1 is 1.31 bits per heavy atom. The fraction of sp³-hybridized carbons (Fsp3) is 0.571. The summed E-state index contributed by atoms with van der Waals surface area (Å²) < 4.78 is 5.73. The average Bonchev–Trinajstić information content (AvgIpc) is 2.53. The zero-order chi connectivity index (χ0) is 11.7. The summed E-state index contributed by atoms with van der Waals surface area (Å²) in [6, 6.07) is 6.87. The summed E-state index contributed by atoms with van der Waals surface area (Å²) in [5, 5.41) is 3.41. The SMILES string of the molecule is CCOc1cccc2c1C(C)C(C)C2NC. The fourth-order valence-corrected chi connectivity index (χ4v) is 2.85. The minimum Gasteiger partial charge on any atom is -0.494 e. The van der Waals surface area contributed by atoms with E-state index in [0.717, 1.165) is 12.4 Å². The Hall–Kier alpha value is -1.02. The Bertz CT molecular complexity index is 375. The van der Waals surface area contributed by atoms with E-state index in [1.165, 1.54) is 11.1 Å². The Morgan fingerprint density at radius 3 is 2.69 bits per heavy atom. The molecule has 1 aromatic rings. The third kappa shape index (κ3) is 1.61. The van der Waals surface area contributed by atoms with Crippen molar-refractivity contribution in [1.29, 1.82) is 0 Å². The van der Waals surface area contributed by atoms with Gasteiger partial charge >= 0.3 is 0 Å². The van der Waals surface area contributed by atoms with Gasteiger partial charge < -0.3 is 10.1 Å². The maximum Gasteiger partial charge on any atom is 0.123 e. The van der Waals surface area contributed by atoms with Crippen molar-refractivity contribution in [2.24, 2.45) is 5.92 Å². The fourth-order valence-electron chi connectivity index (χ4n) is 2.85. The van der Waals surface area contributed by atoms with Gasteiger partial charge in [-0.25, -0.2) is 0 Å². The first kappa shape index (κ1) is 11.5. The number of hydrogen-bond acceptors (Lipinski definition) is 2. The van der Waals surface area contributed by atoms with Crippen LogP contribution in [-0.2, 0) is 0 Å². The van der Waals surface area contributed by atoms with Gasteiger partial charge in [0, 0.05) is 11.6 Å². The van der Waals surface area contributed by atoms with Crippen molar-refractivity contribution in [3.8, 4) is 5.75 Å². The molecule has 0 saturated heterocycles. The molecule has 0 aliphatic heterocycles. The van der Waals surface area contributed by atoms with Gasteiger partial charge in [0.15, 0.2) is 0 Å². The van der Waals surface area contributed by atoms with Gasteiger partial charge in [-0.15, -0.1) is 0 Å². The molecule has 1 N–H and O–H groups in total. The molecule has 3 atom stereocenters. The lowest BCUT2D eigenvalue weighted by atomic mass is 9.94. The van der Waals surface area contributed by atoms with E-state index in [1.807, 2.05) is 14.0 Å². The molecule has 0 fully saturated rings. The van der Waals surface area contributed by atoms with Gasteiger partial charge in [0.2, 0.25) is 0 Å². The number of hydrogen-bond donors (Lipinski definition) is 1. The average molecular weight is 219 g/mol. The smallest absolute Gasteiger partial charge is 0.123 e. The van der Waals surface area contributed by atoms with Gasteiger partial charge in [0.25, 0.3) is 0 Å². The van der Waals surface area contributed by atoms with Gasteiger partial charge in [-0.1, -0.05) is 26.0 Å². The normalized spacial score (nSPS) is 27.9. The molecule has 0 radical (unpaired) electrons. The van der Waals surface area contributed by atoms with Gasteiger partial charge in [-0.3, -0.25) is 0 Å². The second-order valence-corrected chi connectivity index (χ2v) is 4.61. The van der Waals surface area contributed by atoms with Crippen molar-refractivity contribution in [2.45, 2.75) is 32.7 Å². The van der Waals surface area contributed by atoms with Gasteiger partial charge in [-0.2, -0.15) is 0 Å². The second-order valence-electron chi connectivity index (χ2n) is 4.61. The summed E-state index contributed by atoms with van der Waals surface area (Å²) in [5.74, 6) is 2.26. The van der Waals surface area contributed by atoms with Crippen LogP contribution in [0.4, 0.5) is 0 Å². The molecule has 0 spiro atoms. The number of fused-ring (bicyclic) bond motifs is 1. The van der Waals surface area contributed by atoms with Gasteiger partial charge in [0.1, 0.15) is 5.75 Å². The van der Waals surface area contributed by atoms with Crippen molar-refractivity contribution in [1.82, 2.24) is 5.32 Å². The number of ether oxygens (including phenoxy) is 1. The van der Waals surface area contributed by atoms with E-state index in [1.54, 1.807) is 0 Å². The Balaban J connectivity index is 2.47. The third-order valence-corrected chi connectivity index (χ3v) is 3.82. The lowest BCUT2D eigenvalue weighted by Gasteiger charge is -2.17. The number of nitrogens with one attached hydrogen (secondary N) is 1. The summed E-state index contributed by atoms with van der Waals surface area (Å²) in [7, 11) is 2.04. The zero-order valence-electron chi connectivity index (χ0n) is 10.6. The van der Waals surface area contributed by atoms with Crippen LogP contribution >= 0.6 is 0 Å². The van der Waals surface area contributed by atoms with Crippen LogP contribution in [0.1, 0.15) is 43.9 Å². The van der Waals surface area contributed by atoms with Crippen LogP contribution in [-0.4, -0.2) is 13.7 Å². The maximum absolute atomic E-state index is 5.73. The van der Waals surface area contributed by atoms with Crippen LogP contribution in [0.2, 0.25) is 0 Å². The molecular formula is C14H21NO. The number of benzene rings is 1. The van der Waals surface area contributed by atoms with Crippen molar-refractivity contribution in [3.63, 3.8) is 0 Å². The van der Waals surface area contributed by atoms with E-state index in [2.05, 4.69) is 37.4 Å². The highest BCUT2D eigenvalue weighted by Crippen LogP contribution is 2.48. The van der Waals surface area contributed by atoms with Crippen LogP contribution in [0.3, 0.4) is 0 Å². The Kier molecular flexibility index (Phi) is 3.20. The first-order valence-corrected chi connectivity index (χ1v) is 6.13. The van der Waals surface area contributed by atoms with Crippen LogP contribution in [0.25, 0.3) is 0 Å². The monoisotopic (exact) mass is 219 g/mol. The minimum atomic E-state index is 0.463. The Morgan fingerprint density at radius 2 is 2.06 bits per heavy atom. The van der Waals surface area contributed by atoms with Crippen molar-refractivity contribution in [3.05, 3.63) is 29.3 Å². The van der Waals surface area contributed by atoms with E-state index in [9.17, 15) is 0 Å². The quantitative estimate of drug-likeness (QED) is 0.843. The molecule has 1 aliphatic rings. The van der Waals surface area contributed by atoms with Crippen LogP contribution < -0.4 is 10.1 Å². The molecule has 0 aromatic heterocycles. The summed E-state index contributed by atoms with van der Waals surface area (Å²) >= 11 is 0. The molecule has 88 valence electrons. The summed E-state index contributed by atoms with van der Waals surface area (Å²) in [6.07, 6.45) is 0. The van der Waals surface area contributed by atoms with Crippen LogP contribution in [0.15, 0.2) is 18.2 Å². The minimum absolute atomic E-state index is 0.463. The molecule has 2 nitrogen and oxygen atoms in total. The number of rotatable bonds is 3. The standard InChI is InChI=1S/C14H21NO/c1-5-16-12-8-6-7-11-13(12)9(2)10(3)14(11)15-4/h6-10,14-15H,5H2,1-4H3. The highest BCUT2D eigenvalue weighted by atomic mass is 16.5. The highest BCUT2D eigenvalue weighted by molar-refractivity contribution is 5.48. The molecule has 1 aromatic carbocycles. The summed E-state index contributed by atoms with van der Waals surface area (Å²) in [6.45, 7) is 7.38. The van der Waals surface area contributed by atoms with E-state index >= 15 is 0 Å². The van der Waals surface area contributed by atoms with Gasteiger partial charge in [0.05, 0.1) is 6.61 Å². The first-order chi connectivity index (χ1) is 7.70. The van der Waals surface area contributed by atoms with Crippen molar-refractivity contribution in [2.75, 3.05) is 13.7 Å². The molecule has 16 heavy (non-hydrogen) atoms. The van der Waals surface area contributed by atoms with Crippen LogP contribution in [0, 0.1) is 5.92 Å². The second kappa shape index (κ2) is 4.46. The maximum atomic E-state index is 5.73. The molecular weight excluding hydrogens is 198 g/mol. The predicted molar refractivity (Wildman–Crippen MR) is 67.0 cm³/mol. The van der Waals surface area contributed by atoms with E-state index in [-0.39, 0.29) is 0 Å². The molecule has 1 aliphatic carbocycles. The molecule has 2 heteroatoms. The van der Waals surface area contributed by atoms with Crippen LogP contribution in [0.5, 0.6) is 5.75 Å². The van der Waals surface area contributed by atoms with Gasteiger partial charge in [-0.05, 0) is 37.4 Å². The molecule has 0 bridgehead atoms. The molecule has 0 saturated carbocycles. The highest BCUT2D eigenvalue weighted by Gasteiger charge is 2.36. The lowest BCUT2D eigenvalue weighted by Crippen LogP contribution is -2.20. The van der Waals surface area contributed by atoms with E-state index < -0.39 is 0 Å². The van der Waals surface area contributed by atoms with E-state index in [4.69, 9.17) is 4.74 Å². The third-order valence-electron chi connectivity index (χ3n) is 3.82. The predicted octanol–water partition coefficient (Wildman–Crippen LogP) is 3.10. The van der Waals surface area contributed by atoms with Crippen molar-refractivity contribution >= 4 is 0 Å². The molecule has 3 unspecified atom stereocenters.